The van der Waals surface area contributed by atoms with E-state index in [1.165, 1.54) is 16.7 Å². The smallest absolute Gasteiger partial charge is 0.122 e. The molecule has 1 heterocycles. The van der Waals surface area contributed by atoms with Crippen LogP contribution in [0.2, 0.25) is 0 Å². The summed E-state index contributed by atoms with van der Waals surface area (Å²) in [5.74, 6) is 1.46. The SMILES string of the molecule is CCOc1cc(C)c(C(CC)Cc2cn(CC)nn2)cc1C. The number of hydrogen-bond donors (Lipinski definition) is 0. The highest BCUT2D eigenvalue weighted by molar-refractivity contribution is 5.43. The standard InChI is InChI=1S/C18H27N3O/c1-6-15(11-16-12-21(7-2)20-19-16)17-9-14(5)18(22-8-3)10-13(17)4/h9-10,12,15H,6-8,11H2,1-5H3. The maximum atomic E-state index is 5.70. The van der Waals surface area contributed by atoms with Crippen LogP contribution in [0.15, 0.2) is 18.3 Å². The van der Waals surface area contributed by atoms with Crippen molar-refractivity contribution in [3.8, 4) is 5.75 Å². The van der Waals surface area contributed by atoms with Crippen LogP contribution in [0.1, 0.15) is 55.5 Å². The van der Waals surface area contributed by atoms with Crippen molar-refractivity contribution in [1.82, 2.24) is 15.0 Å². The van der Waals surface area contributed by atoms with Gasteiger partial charge >= 0.3 is 0 Å². The fraction of sp³-hybridized carbons (Fsp3) is 0.556. The van der Waals surface area contributed by atoms with Gasteiger partial charge < -0.3 is 4.74 Å². The molecule has 0 aliphatic heterocycles. The van der Waals surface area contributed by atoms with E-state index in [0.717, 1.165) is 30.8 Å². The van der Waals surface area contributed by atoms with E-state index in [1.54, 1.807) is 0 Å². The Kier molecular flexibility index (Phi) is 5.58. The number of ether oxygens (including phenoxy) is 1. The number of aromatic nitrogens is 3. The van der Waals surface area contributed by atoms with E-state index >= 15 is 0 Å². The summed E-state index contributed by atoms with van der Waals surface area (Å²) in [6, 6.07) is 4.44. The zero-order valence-electron chi connectivity index (χ0n) is 14.4. The summed E-state index contributed by atoms with van der Waals surface area (Å²) in [5.41, 5.74) is 4.97. The number of aryl methyl sites for hydroxylation is 3. The van der Waals surface area contributed by atoms with Gasteiger partial charge in [0.1, 0.15) is 5.75 Å². The van der Waals surface area contributed by atoms with Crippen molar-refractivity contribution in [3.05, 3.63) is 40.7 Å². The molecule has 0 radical (unpaired) electrons. The molecule has 0 saturated heterocycles. The summed E-state index contributed by atoms with van der Waals surface area (Å²) in [5, 5.41) is 8.43. The predicted molar refractivity (Wildman–Crippen MR) is 89.5 cm³/mol. The van der Waals surface area contributed by atoms with Gasteiger partial charge in [-0.2, -0.15) is 0 Å². The van der Waals surface area contributed by atoms with Crippen molar-refractivity contribution >= 4 is 0 Å². The fourth-order valence-corrected chi connectivity index (χ4v) is 2.88. The molecule has 4 nitrogen and oxygen atoms in total. The van der Waals surface area contributed by atoms with E-state index in [-0.39, 0.29) is 0 Å². The average Bonchev–Trinajstić information content (AvgIpc) is 2.96. The summed E-state index contributed by atoms with van der Waals surface area (Å²) < 4.78 is 7.58. The topological polar surface area (TPSA) is 39.9 Å². The highest BCUT2D eigenvalue weighted by Crippen LogP contribution is 2.31. The molecule has 0 bridgehead atoms. The summed E-state index contributed by atoms with van der Waals surface area (Å²) in [4.78, 5) is 0. The van der Waals surface area contributed by atoms with Crippen LogP contribution in [0.4, 0.5) is 0 Å². The number of rotatable bonds is 7. The molecular weight excluding hydrogens is 274 g/mol. The van der Waals surface area contributed by atoms with Gasteiger partial charge in [-0.15, -0.1) is 5.10 Å². The van der Waals surface area contributed by atoms with Gasteiger partial charge in [-0.3, -0.25) is 4.68 Å². The lowest BCUT2D eigenvalue weighted by Crippen LogP contribution is -2.06. The van der Waals surface area contributed by atoms with Gasteiger partial charge in [0.05, 0.1) is 12.3 Å². The van der Waals surface area contributed by atoms with Crippen LogP contribution in [0.25, 0.3) is 0 Å². The quantitative estimate of drug-likeness (QED) is 0.774. The van der Waals surface area contributed by atoms with E-state index in [0.29, 0.717) is 12.5 Å². The molecule has 0 amide bonds. The van der Waals surface area contributed by atoms with Crippen LogP contribution < -0.4 is 4.74 Å². The minimum absolute atomic E-state index is 0.469. The molecule has 1 aromatic carbocycles. The van der Waals surface area contributed by atoms with E-state index in [4.69, 9.17) is 4.74 Å². The van der Waals surface area contributed by atoms with Crippen molar-refractivity contribution in [2.24, 2.45) is 0 Å². The molecule has 1 unspecified atom stereocenters. The van der Waals surface area contributed by atoms with Crippen LogP contribution in [0.5, 0.6) is 5.75 Å². The Balaban J connectivity index is 2.24. The average molecular weight is 301 g/mol. The first-order chi connectivity index (χ1) is 10.6. The summed E-state index contributed by atoms with van der Waals surface area (Å²) in [7, 11) is 0. The third kappa shape index (κ3) is 3.67. The Hall–Kier alpha value is -1.84. The highest BCUT2D eigenvalue weighted by atomic mass is 16.5. The third-order valence-electron chi connectivity index (χ3n) is 4.16. The second-order valence-corrected chi connectivity index (χ2v) is 5.78. The van der Waals surface area contributed by atoms with Gasteiger partial charge in [0.15, 0.2) is 0 Å². The molecule has 2 rings (SSSR count). The minimum Gasteiger partial charge on any atom is -0.494 e. The molecule has 1 aromatic heterocycles. The van der Waals surface area contributed by atoms with Gasteiger partial charge in [-0.1, -0.05) is 18.2 Å². The molecule has 0 spiro atoms. The van der Waals surface area contributed by atoms with Crippen molar-refractivity contribution in [1.29, 1.82) is 0 Å². The Bertz CT molecular complexity index is 619. The lowest BCUT2D eigenvalue weighted by Gasteiger charge is -2.19. The van der Waals surface area contributed by atoms with E-state index in [2.05, 4.69) is 56.3 Å². The van der Waals surface area contributed by atoms with Gasteiger partial charge in [0, 0.05) is 12.7 Å². The van der Waals surface area contributed by atoms with Crippen LogP contribution in [0, 0.1) is 13.8 Å². The molecule has 4 heteroatoms. The minimum atomic E-state index is 0.469. The van der Waals surface area contributed by atoms with E-state index < -0.39 is 0 Å². The van der Waals surface area contributed by atoms with E-state index in [9.17, 15) is 0 Å². The molecule has 2 aromatic rings. The molecule has 0 aliphatic rings. The van der Waals surface area contributed by atoms with Crippen LogP contribution in [-0.4, -0.2) is 21.6 Å². The summed E-state index contributed by atoms with van der Waals surface area (Å²) >= 11 is 0. The molecule has 0 N–H and O–H groups in total. The fourth-order valence-electron chi connectivity index (χ4n) is 2.88. The van der Waals surface area contributed by atoms with Crippen molar-refractivity contribution in [2.45, 2.75) is 59.9 Å². The maximum absolute atomic E-state index is 5.70. The normalized spacial score (nSPS) is 12.4. The van der Waals surface area contributed by atoms with Gasteiger partial charge in [-0.25, -0.2) is 0 Å². The first-order valence-corrected chi connectivity index (χ1v) is 8.21. The second kappa shape index (κ2) is 7.43. The molecular formula is C18H27N3O. The third-order valence-corrected chi connectivity index (χ3v) is 4.16. The first-order valence-electron chi connectivity index (χ1n) is 8.21. The number of hydrogen-bond acceptors (Lipinski definition) is 3. The van der Waals surface area contributed by atoms with Crippen LogP contribution in [-0.2, 0) is 13.0 Å². The van der Waals surface area contributed by atoms with Gasteiger partial charge in [0.2, 0.25) is 0 Å². The maximum Gasteiger partial charge on any atom is 0.122 e. The number of nitrogens with zero attached hydrogens (tertiary/aromatic N) is 3. The molecule has 22 heavy (non-hydrogen) atoms. The largest absolute Gasteiger partial charge is 0.494 e. The Morgan fingerprint density at radius 3 is 2.50 bits per heavy atom. The Morgan fingerprint density at radius 1 is 1.14 bits per heavy atom. The Morgan fingerprint density at radius 2 is 1.91 bits per heavy atom. The van der Waals surface area contributed by atoms with Gasteiger partial charge in [0.25, 0.3) is 0 Å². The molecule has 0 saturated carbocycles. The van der Waals surface area contributed by atoms with E-state index in [1.807, 2.05) is 11.6 Å². The number of benzene rings is 1. The molecule has 120 valence electrons. The van der Waals surface area contributed by atoms with Crippen molar-refractivity contribution < 1.29 is 4.74 Å². The predicted octanol–water partition coefficient (Wildman–Crippen LogP) is 4.05. The van der Waals surface area contributed by atoms with Crippen LogP contribution in [0.3, 0.4) is 0 Å². The highest BCUT2D eigenvalue weighted by Gasteiger charge is 2.16. The lowest BCUT2D eigenvalue weighted by atomic mass is 9.87. The molecule has 1 atom stereocenters. The first kappa shape index (κ1) is 16.5. The van der Waals surface area contributed by atoms with Gasteiger partial charge in [-0.05, 0) is 69.2 Å². The van der Waals surface area contributed by atoms with Crippen LogP contribution >= 0.6 is 0 Å². The zero-order chi connectivity index (χ0) is 16.1. The summed E-state index contributed by atoms with van der Waals surface area (Å²) in [6.45, 7) is 12.2. The van der Waals surface area contributed by atoms with Crippen molar-refractivity contribution in [3.63, 3.8) is 0 Å². The lowest BCUT2D eigenvalue weighted by molar-refractivity contribution is 0.337. The summed E-state index contributed by atoms with van der Waals surface area (Å²) in [6.07, 6.45) is 4.08. The Labute approximate surface area is 133 Å². The zero-order valence-corrected chi connectivity index (χ0v) is 14.4. The molecule has 0 fully saturated rings. The molecule has 0 aliphatic carbocycles. The second-order valence-electron chi connectivity index (χ2n) is 5.78. The van der Waals surface area contributed by atoms with Crippen molar-refractivity contribution in [2.75, 3.05) is 6.61 Å². The monoisotopic (exact) mass is 301 g/mol.